The van der Waals surface area contributed by atoms with E-state index in [9.17, 15) is 9.59 Å². The number of nitrogens with zero attached hydrogens (tertiary/aromatic N) is 1. The van der Waals surface area contributed by atoms with Crippen LogP contribution in [-0.4, -0.2) is 49.0 Å². The normalized spacial score (nSPS) is 18.3. The molecule has 1 aromatic carbocycles. The third-order valence-electron chi connectivity index (χ3n) is 3.81. The van der Waals surface area contributed by atoms with E-state index in [2.05, 4.69) is 15.5 Å². The van der Waals surface area contributed by atoms with Crippen LogP contribution in [0.1, 0.15) is 25.8 Å². The van der Waals surface area contributed by atoms with Gasteiger partial charge < -0.3 is 15.4 Å². The molecule has 126 valence electrons. The minimum Gasteiger partial charge on any atom is -0.494 e. The van der Waals surface area contributed by atoms with Crippen LogP contribution in [-0.2, 0) is 16.1 Å². The van der Waals surface area contributed by atoms with E-state index in [-0.39, 0.29) is 18.2 Å². The van der Waals surface area contributed by atoms with Gasteiger partial charge in [-0.05, 0) is 31.5 Å². The van der Waals surface area contributed by atoms with Gasteiger partial charge >= 0.3 is 0 Å². The Kier molecular flexibility index (Phi) is 6.40. The largest absolute Gasteiger partial charge is 0.494 e. The summed E-state index contributed by atoms with van der Waals surface area (Å²) in [6, 6.07) is 7.45. The third kappa shape index (κ3) is 4.96. The Balaban J connectivity index is 2.02. The van der Waals surface area contributed by atoms with E-state index in [0.29, 0.717) is 26.2 Å². The van der Waals surface area contributed by atoms with Gasteiger partial charge in [0.1, 0.15) is 5.75 Å². The molecule has 2 rings (SSSR count). The molecule has 1 unspecified atom stereocenters. The number of rotatable bonds is 7. The second-order valence-electron chi connectivity index (χ2n) is 5.51. The number of piperazine rings is 1. The van der Waals surface area contributed by atoms with E-state index >= 15 is 0 Å². The van der Waals surface area contributed by atoms with Crippen molar-refractivity contribution in [2.75, 3.05) is 26.2 Å². The van der Waals surface area contributed by atoms with Crippen LogP contribution < -0.4 is 15.4 Å². The van der Waals surface area contributed by atoms with Crippen molar-refractivity contribution in [3.05, 3.63) is 29.8 Å². The maximum absolute atomic E-state index is 12.1. The zero-order chi connectivity index (χ0) is 16.7. The van der Waals surface area contributed by atoms with Gasteiger partial charge in [-0.3, -0.25) is 14.5 Å². The fourth-order valence-corrected chi connectivity index (χ4v) is 2.71. The predicted molar refractivity (Wildman–Crippen MR) is 88.1 cm³/mol. The summed E-state index contributed by atoms with van der Waals surface area (Å²) in [6.45, 7) is 7.03. The molecule has 1 aromatic rings. The molecule has 2 N–H and O–H groups in total. The molecule has 1 saturated heterocycles. The molecule has 1 heterocycles. The van der Waals surface area contributed by atoms with Crippen molar-refractivity contribution in [3.63, 3.8) is 0 Å². The van der Waals surface area contributed by atoms with Crippen LogP contribution in [0.5, 0.6) is 5.75 Å². The molecule has 6 heteroatoms. The van der Waals surface area contributed by atoms with E-state index in [1.807, 2.05) is 38.1 Å². The van der Waals surface area contributed by atoms with Gasteiger partial charge in [-0.25, -0.2) is 0 Å². The SMILES string of the molecule is CCNC(=O)CC1C(=O)NCCN1Cc1ccc(OCC)cc1. The van der Waals surface area contributed by atoms with E-state index in [1.54, 1.807) is 0 Å². The molecule has 1 aliphatic rings. The van der Waals surface area contributed by atoms with Gasteiger partial charge in [0.15, 0.2) is 0 Å². The lowest BCUT2D eigenvalue weighted by molar-refractivity contribution is -0.134. The highest BCUT2D eigenvalue weighted by molar-refractivity contribution is 5.88. The summed E-state index contributed by atoms with van der Waals surface area (Å²) >= 11 is 0. The van der Waals surface area contributed by atoms with Crippen LogP contribution in [0.2, 0.25) is 0 Å². The van der Waals surface area contributed by atoms with Crippen molar-refractivity contribution in [2.45, 2.75) is 32.9 Å². The zero-order valence-electron chi connectivity index (χ0n) is 13.8. The van der Waals surface area contributed by atoms with Gasteiger partial charge in [0.25, 0.3) is 0 Å². The highest BCUT2D eigenvalue weighted by Gasteiger charge is 2.31. The van der Waals surface area contributed by atoms with Crippen LogP contribution in [0, 0.1) is 0 Å². The maximum Gasteiger partial charge on any atom is 0.237 e. The summed E-state index contributed by atoms with van der Waals surface area (Å²) in [5.41, 5.74) is 1.10. The summed E-state index contributed by atoms with van der Waals surface area (Å²) in [7, 11) is 0. The first-order valence-electron chi connectivity index (χ1n) is 8.14. The minimum absolute atomic E-state index is 0.0755. The number of amides is 2. The fourth-order valence-electron chi connectivity index (χ4n) is 2.71. The van der Waals surface area contributed by atoms with Crippen molar-refractivity contribution < 1.29 is 14.3 Å². The lowest BCUT2D eigenvalue weighted by atomic mass is 10.1. The van der Waals surface area contributed by atoms with Gasteiger partial charge in [-0.1, -0.05) is 12.1 Å². The zero-order valence-corrected chi connectivity index (χ0v) is 13.8. The monoisotopic (exact) mass is 319 g/mol. The van der Waals surface area contributed by atoms with Crippen molar-refractivity contribution in [1.82, 2.24) is 15.5 Å². The van der Waals surface area contributed by atoms with Crippen LogP contribution >= 0.6 is 0 Å². The van der Waals surface area contributed by atoms with Gasteiger partial charge in [-0.2, -0.15) is 0 Å². The molecule has 0 spiro atoms. The highest BCUT2D eigenvalue weighted by atomic mass is 16.5. The Morgan fingerprint density at radius 1 is 1.35 bits per heavy atom. The molecule has 2 amide bonds. The van der Waals surface area contributed by atoms with Gasteiger partial charge in [0, 0.05) is 26.2 Å². The Hall–Kier alpha value is -2.08. The molecule has 1 fully saturated rings. The molecule has 0 aromatic heterocycles. The second kappa shape index (κ2) is 8.53. The molecular formula is C17H25N3O3. The van der Waals surface area contributed by atoms with Crippen LogP contribution in [0.3, 0.4) is 0 Å². The lowest BCUT2D eigenvalue weighted by Crippen LogP contribution is -2.56. The quantitative estimate of drug-likeness (QED) is 0.784. The average Bonchev–Trinajstić information content (AvgIpc) is 2.53. The lowest BCUT2D eigenvalue weighted by Gasteiger charge is -2.34. The highest BCUT2D eigenvalue weighted by Crippen LogP contribution is 2.17. The number of hydrogen-bond acceptors (Lipinski definition) is 4. The van der Waals surface area contributed by atoms with Crippen molar-refractivity contribution in [1.29, 1.82) is 0 Å². The molecule has 6 nitrogen and oxygen atoms in total. The van der Waals surface area contributed by atoms with Crippen molar-refractivity contribution >= 4 is 11.8 Å². The first-order chi connectivity index (χ1) is 11.1. The maximum atomic E-state index is 12.1. The van der Waals surface area contributed by atoms with E-state index in [1.165, 1.54) is 0 Å². The fraction of sp³-hybridized carbons (Fsp3) is 0.529. The summed E-state index contributed by atoms with van der Waals surface area (Å²) < 4.78 is 5.44. The molecule has 1 atom stereocenters. The number of ether oxygens (including phenoxy) is 1. The smallest absolute Gasteiger partial charge is 0.237 e. The molecule has 23 heavy (non-hydrogen) atoms. The van der Waals surface area contributed by atoms with Gasteiger partial charge in [0.2, 0.25) is 11.8 Å². The minimum atomic E-state index is -0.415. The number of nitrogens with one attached hydrogen (secondary N) is 2. The standard InChI is InChI=1S/C17H25N3O3/c1-3-18-16(21)11-15-17(22)19-9-10-20(15)12-13-5-7-14(8-6-13)23-4-2/h5-8,15H,3-4,9-12H2,1-2H3,(H,18,21)(H,19,22). The average molecular weight is 319 g/mol. The summed E-state index contributed by atoms with van der Waals surface area (Å²) in [4.78, 5) is 26.0. The Labute approximate surface area is 137 Å². The van der Waals surface area contributed by atoms with Gasteiger partial charge in [-0.15, -0.1) is 0 Å². The van der Waals surface area contributed by atoms with Gasteiger partial charge in [0.05, 0.1) is 19.1 Å². The third-order valence-corrected chi connectivity index (χ3v) is 3.81. The molecule has 0 saturated carbocycles. The molecule has 1 aliphatic heterocycles. The predicted octanol–water partition coefficient (Wildman–Crippen LogP) is 0.912. The molecule has 0 bridgehead atoms. The second-order valence-corrected chi connectivity index (χ2v) is 5.51. The molecule has 0 radical (unpaired) electrons. The molecular weight excluding hydrogens is 294 g/mol. The summed E-state index contributed by atoms with van der Waals surface area (Å²) in [6.07, 6.45) is 0.191. The Morgan fingerprint density at radius 2 is 2.09 bits per heavy atom. The van der Waals surface area contributed by atoms with E-state index in [4.69, 9.17) is 4.74 Å². The number of benzene rings is 1. The molecule has 0 aliphatic carbocycles. The van der Waals surface area contributed by atoms with E-state index in [0.717, 1.165) is 17.9 Å². The topological polar surface area (TPSA) is 70.7 Å². The summed E-state index contributed by atoms with van der Waals surface area (Å²) in [5, 5.41) is 5.60. The van der Waals surface area contributed by atoms with E-state index < -0.39 is 6.04 Å². The van der Waals surface area contributed by atoms with Crippen LogP contribution in [0.25, 0.3) is 0 Å². The number of hydrogen-bond donors (Lipinski definition) is 2. The number of carbonyl (C=O) groups is 2. The van der Waals surface area contributed by atoms with Crippen LogP contribution in [0.15, 0.2) is 24.3 Å². The first-order valence-corrected chi connectivity index (χ1v) is 8.14. The van der Waals surface area contributed by atoms with Crippen molar-refractivity contribution in [3.8, 4) is 5.75 Å². The van der Waals surface area contributed by atoms with Crippen molar-refractivity contribution in [2.24, 2.45) is 0 Å². The van der Waals surface area contributed by atoms with Crippen LogP contribution in [0.4, 0.5) is 0 Å². The number of carbonyl (C=O) groups excluding carboxylic acids is 2. The summed E-state index contributed by atoms with van der Waals surface area (Å²) in [5.74, 6) is 0.672. The first kappa shape index (κ1) is 17.3. The Morgan fingerprint density at radius 3 is 2.74 bits per heavy atom. The Bertz CT molecular complexity index is 530.